The summed E-state index contributed by atoms with van der Waals surface area (Å²) in [7, 11) is 0. The number of amides is 1. The van der Waals surface area contributed by atoms with Gasteiger partial charge in [-0.3, -0.25) is 25.8 Å². The first-order valence-corrected chi connectivity index (χ1v) is 5.22. The molecule has 2 aromatic rings. The Hall–Kier alpha value is -2.68. The third-order valence-corrected chi connectivity index (χ3v) is 2.28. The SMILES string of the molecule is O=C(NNc1ncnc(Cl)c1[N+](=O)[O-])c1ccco1. The van der Waals surface area contributed by atoms with Gasteiger partial charge in [0.15, 0.2) is 5.76 Å². The molecule has 0 fully saturated rings. The van der Waals surface area contributed by atoms with Crippen LogP contribution in [-0.4, -0.2) is 20.8 Å². The molecule has 0 aliphatic carbocycles. The first kappa shape index (κ1) is 12.8. The van der Waals surface area contributed by atoms with Crippen molar-refractivity contribution in [2.75, 3.05) is 5.43 Å². The molecular weight excluding hydrogens is 278 g/mol. The van der Waals surface area contributed by atoms with Crippen molar-refractivity contribution in [2.45, 2.75) is 0 Å². The minimum atomic E-state index is -0.760. The number of aromatic nitrogens is 2. The number of hydrogen-bond donors (Lipinski definition) is 2. The maximum Gasteiger partial charge on any atom is 0.350 e. The lowest BCUT2D eigenvalue weighted by atomic mass is 10.4. The first-order valence-electron chi connectivity index (χ1n) is 4.84. The number of anilines is 1. The lowest BCUT2D eigenvalue weighted by Gasteiger charge is -2.06. The molecule has 1 amide bonds. The van der Waals surface area contributed by atoms with Crippen molar-refractivity contribution < 1.29 is 14.1 Å². The molecule has 19 heavy (non-hydrogen) atoms. The zero-order chi connectivity index (χ0) is 13.8. The van der Waals surface area contributed by atoms with Gasteiger partial charge in [-0.25, -0.2) is 9.97 Å². The van der Waals surface area contributed by atoms with Gasteiger partial charge in [-0.05, 0) is 12.1 Å². The fourth-order valence-corrected chi connectivity index (χ4v) is 1.40. The summed E-state index contributed by atoms with van der Waals surface area (Å²) in [5, 5.41) is 10.4. The number of nitrogens with one attached hydrogen (secondary N) is 2. The second-order valence-electron chi connectivity index (χ2n) is 3.18. The van der Waals surface area contributed by atoms with E-state index in [9.17, 15) is 14.9 Å². The minimum absolute atomic E-state index is 0.0373. The van der Waals surface area contributed by atoms with Crippen LogP contribution >= 0.6 is 11.6 Å². The number of nitrogens with zero attached hydrogens (tertiary/aromatic N) is 3. The Bertz CT molecular complexity index is 615. The second-order valence-corrected chi connectivity index (χ2v) is 3.53. The van der Waals surface area contributed by atoms with Crippen molar-refractivity contribution in [2.24, 2.45) is 0 Å². The van der Waals surface area contributed by atoms with Crippen molar-refractivity contribution in [1.29, 1.82) is 0 Å². The van der Waals surface area contributed by atoms with Crippen LogP contribution in [0, 0.1) is 10.1 Å². The summed E-state index contributed by atoms with van der Waals surface area (Å²) < 4.78 is 4.84. The normalized spacial score (nSPS) is 9.95. The molecule has 98 valence electrons. The summed E-state index contributed by atoms with van der Waals surface area (Å²) in [6.45, 7) is 0. The predicted molar refractivity (Wildman–Crippen MR) is 63.5 cm³/mol. The van der Waals surface area contributed by atoms with E-state index >= 15 is 0 Å². The fraction of sp³-hybridized carbons (Fsp3) is 0. The standard InChI is InChI=1S/C9H6ClN5O4/c10-7-6(15(17)18)8(12-4-11-7)13-14-9(16)5-2-1-3-19-5/h1-4H,(H,14,16)(H,11,12,13). The summed E-state index contributed by atoms with van der Waals surface area (Å²) in [6, 6.07) is 2.96. The van der Waals surface area contributed by atoms with Crippen LogP contribution in [0.15, 0.2) is 29.1 Å². The van der Waals surface area contributed by atoms with Crippen LogP contribution in [0.1, 0.15) is 10.6 Å². The van der Waals surface area contributed by atoms with Crippen LogP contribution in [0.5, 0.6) is 0 Å². The van der Waals surface area contributed by atoms with Gasteiger partial charge in [0, 0.05) is 0 Å². The van der Waals surface area contributed by atoms with Crippen molar-refractivity contribution in [3.05, 3.63) is 45.8 Å². The Labute approximate surface area is 110 Å². The highest BCUT2D eigenvalue weighted by atomic mass is 35.5. The van der Waals surface area contributed by atoms with E-state index < -0.39 is 16.5 Å². The van der Waals surface area contributed by atoms with Gasteiger partial charge in [0.2, 0.25) is 11.0 Å². The molecule has 0 aliphatic rings. The Morgan fingerprint density at radius 2 is 2.26 bits per heavy atom. The van der Waals surface area contributed by atoms with E-state index in [1.54, 1.807) is 0 Å². The number of furan rings is 1. The molecule has 0 aliphatic heterocycles. The van der Waals surface area contributed by atoms with E-state index in [2.05, 4.69) is 20.8 Å². The van der Waals surface area contributed by atoms with Gasteiger partial charge in [-0.1, -0.05) is 11.6 Å². The van der Waals surface area contributed by atoms with Gasteiger partial charge in [-0.15, -0.1) is 0 Å². The topological polar surface area (TPSA) is 123 Å². The monoisotopic (exact) mass is 283 g/mol. The minimum Gasteiger partial charge on any atom is -0.459 e. The summed E-state index contributed by atoms with van der Waals surface area (Å²) in [5.41, 5.74) is 3.94. The first-order chi connectivity index (χ1) is 9.09. The molecule has 0 saturated carbocycles. The molecule has 0 unspecified atom stereocenters. The van der Waals surface area contributed by atoms with Gasteiger partial charge < -0.3 is 4.42 Å². The number of carbonyl (C=O) groups is 1. The quantitative estimate of drug-likeness (QED) is 0.493. The van der Waals surface area contributed by atoms with E-state index in [4.69, 9.17) is 16.0 Å². The van der Waals surface area contributed by atoms with Crippen molar-refractivity contribution in [3.63, 3.8) is 0 Å². The molecule has 0 bridgehead atoms. The van der Waals surface area contributed by atoms with E-state index in [1.165, 1.54) is 18.4 Å². The highest BCUT2D eigenvalue weighted by Gasteiger charge is 2.22. The maximum atomic E-state index is 11.5. The smallest absolute Gasteiger partial charge is 0.350 e. The van der Waals surface area contributed by atoms with Crippen LogP contribution in [0.2, 0.25) is 5.15 Å². The number of carbonyl (C=O) groups excluding carboxylic acids is 1. The van der Waals surface area contributed by atoms with E-state index in [0.717, 1.165) is 6.33 Å². The van der Waals surface area contributed by atoms with Crippen LogP contribution in [0.3, 0.4) is 0 Å². The number of nitro groups is 1. The Morgan fingerprint density at radius 3 is 2.89 bits per heavy atom. The van der Waals surface area contributed by atoms with Gasteiger partial charge in [-0.2, -0.15) is 0 Å². The lowest BCUT2D eigenvalue weighted by molar-refractivity contribution is -0.384. The van der Waals surface area contributed by atoms with Gasteiger partial charge in [0.1, 0.15) is 6.33 Å². The summed E-state index contributed by atoms with van der Waals surface area (Å²) >= 11 is 5.58. The molecule has 0 radical (unpaired) electrons. The van der Waals surface area contributed by atoms with Gasteiger partial charge >= 0.3 is 11.6 Å². The van der Waals surface area contributed by atoms with Crippen molar-refractivity contribution in [1.82, 2.24) is 15.4 Å². The molecule has 0 aromatic carbocycles. The zero-order valence-corrected chi connectivity index (χ0v) is 9.92. The van der Waals surface area contributed by atoms with Crippen LogP contribution in [0.25, 0.3) is 0 Å². The zero-order valence-electron chi connectivity index (χ0n) is 9.16. The average Bonchev–Trinajstić information content (AvgIpc) is 2.89. The molecular formula is C9H6ClN5O4. The highest BCUT2D eigenvalue weighted by Crippen LogP contribution is 2.27. The molecule has 9 nitrogen and oxygen atoms in total. The third kappa shape index (κ3) is 2.77. The molecule has 2 N–H and O–H groups in total. The lowest BCUT2D eigenvalue weighted by Crippen LogP contribution is -2.30. The number of hydrogen-bond acceptors (Lipinski definition) is 7. The largest absolute Gasteiger partial charge is 0.459 e. The van der Waals surface area contributed by atoms with E-state index in [0.29, 0.717) is 0 Å². The number of rotatable bonds is 4. The summed E-state index contributed by atoms with van der Waals surface area (Å²) in [5.74, 6) is -0.811. The molecule has 2 rings (SSSR count). The second kappa shape index (κ2) is 5.31. The average molecular weight is 284 g/mol. The summed E-state index contributed by atoms with van der Waals surface area (Å²) in [4.78, 5) is 28.7. The van der Waals surface area contributed by atoms with Gasteiger partial charge in [0.05, 0.1) is 11.2 Å². The van der Waals surface area contributed by atoms with Gasteiger partial charge in [0.25, 0.3) is 0 Å². The van der Waals surface area contributed by atoms with Crippen LogP contribution in [0.4, 0.5) is 11.5 Å². The van der Waals surface area contributed by atoms with Crippen molar-refractivity contribution >= 4 is 29.0 Å². The molecule has 0 atom stereocenters. The Morgan fingerprint density at radius 1 is 1.47 bits per heavy atom. The Kier molecular flexibility index (Phi) is 3.57. The van der Waals surface area contributed by atoms with E-state index in [-0.39, 0.29) is 16.7 Å². The summed E-state index contributed by atoms with van der Waals surface area (Å²) in [6.07, 6.45) is 2.34. The Balaban J connectivity index is 2.14. The number of hydrazine groups is 1. The van der Waals surface area contributed by atoms with Crippen molar-refractivity contribution in [3.8, 4) is 0 Å². The molecule has 0 spiro atoms. The van der Waals surface area contributed by atoms with E-state index in [1.807, 2.05) is 0 Å². The highest BCUT2D eigenvalue weighted by molar-refractivity contribution is 6.31. The van der Waals surface area contributed by atoms with Crippen LogP contribution in [-0.2, 0) is 0 Å². The van der Waals surface area contributed by atoms with Crippen LogP contribution < -0.4 is 10.9 Å². The molecule has 2 heterocycles. The number of halogens is 1. The molecule has 10 heteroatoms. The predicted octanol–water partition coefficient (Wildman–Crippen LogP) is 1.39. The fourth-order valence-electron chi connectivity index (χ4n) is 1.20. The molecule has 2 aromatic heterocycles. The maximum absolute atomic E-state index is 11.5. The molecule has 0 saturated heterocycles. The third-order valence-electron chi connectivity index (χ3n) is 2.00.